The molecular formula is C10H15N5OS. The molecule has 0 aliphatic carbocycles. The van der Waals surface area contributed by atoms with E-state index in [0.717, 1.165) is 0 Å². The van der Waals surface area contributed by atoms with E-state index in [9.17, 15) is 4.79 Å². The lowest BCUT2D eigenvalue weighted by Crippen LogP contribution is -2.40. The van der Waals surface area contributed by atoms with Crippen LogP contribution in [0, 0.1) is 0 Å². The van der Waals surface area contributed by atoms with E-state index in [1.165, 1.54) is 12.4 Å². The van der Waals surface area contributed by atoms with Crippen LogP contribution in [0.15, 0.2) is 12.4 Å². The van der Waals surface area contributed by atoms with Crippen molar-refractivity contribution in [2.75, 3.05) is 11.4 Å². The van der Waals surface area contributed by atoms with E-state index in [-0.39, 0.29) is 17.6 Å². The molecular weight excluding hydrogens is 238 g/mol. The summed E-state index contributed by atoms with van der Waals surface area (Å²) in [4.78, 5) is 21.1. The molecule has 0 aliphatic heterocycles. The number of nitrogens with zero attached hydrogens (tertiary/aromatic N) is 3. The molecule has 0 fully saturated rings. The third kappa shape index (κ3) is 3.35. The summed E-state index contributed by atoms with van der Waals surface area (Å²) in [7, 11) is 0. The zero-order valence-electron chi connectivity index (χ0n) is 9.75. The highest BCUT2D eigenvalue weighted by molar-refractivity contribution is 7.80. The van der Waals surface area contributed by atoms with Crippen LogP contribution >= 0.6 is 12.2 Å². The standard InChI is InChI=1S/C10H15N5OS/c1-6(2)15(5-7(11)16)10-8(9(12)17)13-3-4-14-10/h3-4,6H,5H2,1-2H3,(H2,11,16)(H2,12,17). The van der Waals surface area contributed by atoms with Gasteiger partial charge in [-0.05, 0) is 13.8 Å². The van der Waals surface area contributed by atoms with Crippen LogP contribution in [0.2, 0.25) is 0 Å². The number of primary amides is 1. The first-order chi connectivity index (χ1) is 7.93. The van der Waals surface area contributed by atoms with Gasteiger partial charge in [-0.25, -0.2) is 9.97 Å². The van der Waals surface area contributed by atoms with Crippen LogP contribution in [0.1, 0.15) is 19.5 Å². The lowest BCUT2D eigenvalue weighted by atomic mass is 10.2. The fourth-order valence-electron chi connectivity index (χ4n) is 1.38. The highest BCUT2D eigenvalue weighted by Gasteiger charge is 2.19. The average molecular weight is 253 g/mol. The van der Waals surface area contributed by atoms with E-state index in [1.807, 2.05) is 13.8 Å². The van der Waals surface area contributed by atoms with Gasteiger partial charge >= 0.3 is 0 Å². The van der Waals surface area contributed by atoms with Gasteiger partial charge in [-0.1, -0.05) is 12.2 Å². The number of hydrogen-bond donors (Lipinski definition) is 2. The number of carbonyl (C=O) groups excluding carboxylic acids is 1. The minimum absolute atomic E-state index is 0.0345. The maximum absolute atomic E-state index is 11.0. The zero-order chi connectivity index (χ0) is 13.0. The van der Waals surface area contributed by atoms with E-state index >= 15 is 0 Å². The molecule has 0 atom stereocenters. The summed E-state index contributed by atoms with van der Waals surface area (Å²) in [5.41, 5.74) is 11.2. The van der Waals surface area contributed by atoms with Gasteiger partial charge in [-0.15, -0.1) is 0 Å². The largest absolute Gasteiger partial charge is 0.388 e. The fraction of sp³-hybridized carbons (Fsp3) is 0.400. The van der Waals surface area contributed by atoms with Crippen molar-refractivity contribution < 1.29 is 4.79 Å². The predicted octanol–water partition coefficient (Wildman–Crippen LogP) is -0.189. The van der Waals surface area contributed by atoms with E-state index < -0.39 is 5.91 Å². The van der Waals surface area contributed by atoms with Crippen LogP contribution in [-0.2, 0) is 4.79 Å². The molecule has 1 heterocycles. The van der Waals surface area contributed by atoms with E-state index in [4.69, 9.17) is 23.7 Å². The molecule has 0 spiro atoms. The van der Waals surface area contributed by atoms with E-state index in [0.29, 0.717) is 11.5 Å². The van der Waals surface area contributed by atoms with Gasteiger partial charge in [-0.2, -0.15) is 0 Å². The number of nitrogens with two attached hydrogens (primary N) is 2. The molecule has 0 bridgehead atoms. The quantitative estimate of drug-likeness (QED) is 0.706. The summed E-state index contributed by atoms with van der Waals surface area (Å²) in [5.74, 6) is 0.0343. The van der Waals surface area contributed by atoms with Gasteiger partial charge in [0, 0.05) is 18.4 Å². The van der Waals surface area contributed by atoms with Crippen LogP contribution < -0.4 is 16.4 Å². The van der Waals surface area contributed by atoms with Crippen LogP contribution in [0.4, 0.5) is 5.82 Å². The summed E-state index contributed by atoms with van der Waals surface area (Å²) in [6.07, 6.45) is 3.02. The Morgan fingerprint density at radius 1 is 1.41 bits per heavy atom. The van der Waals surface area contributed by atoms with Crippen molar-refractivity contribution >= 4 is 28.9 Å². The molecule has 1 aromatic rings. The maximum Gasteiger partial charge on any atom is 0.237 e. The van der Waals surface area contributed by atoms with Crippen molar-refractivity contribution in [1.29, 1.82) is 0 Å². The Bertz CT molecular complexity index is 434. The molecule has 17 heavy (non-hydrogen) atoms. The smallest absolute Gasteiger partial charge is 0.237 e. The normalized spacial score (nSPS) is 10.3. The summed E-state index contributed by atoms with van der Waals surface area (Å²) in [6, 6.07) is 0.0345. The van der Waals surface area contributed by atoms with Gasteiger partial charge in [0.2, 0.25) is 5.91 Å². The van der Waals surface area contributed by atoms with Gasteiger partial charge in [0.25, 0.3) is 0 Å². The first-order valence-corrected chi connectivity index (χ1v) is 5.50. The number of amides is 1. The van der Waals surface area contributed by atoms with Crippen molar-refractivity contribution in [3.63, 3.8) is 0 Å². The summed E-state index contributed by atoms with van der Waals surface area (Å²) < 4.78 is 0. The molecule has 6 nitrogen and oxygen atoms in total. The van der Waals surface area contributed by atoms with Crippen LogP contribution in [0.25, 0.3) is 0 Å². The molecule has 4 N–H and O–H groups in total. The molecule has 1 amide bonds. The lowest BCUT2D eigenvalue weighted by molar-refractivity contribution is -0.116. The second-order valence-electron chi connectivity index (χ2n) is 3.78. The molecule has 0 saturated heterocycles. The minimum Gasteiger partial charge on any atom is -0.388 e. The number of anilines is 1. The average Bonchev–Trinajstić information content (AvgIpc) is 2.25. The molecule has 1 rings (SSSR count). The lowest BCUT2D eigenvalue weighted by Gasteiger charge is -2.27. The number of hydrogen-bond acceptors (Lipinski definition) is 5. The first-order valence-electron chi connectivity index (χ1n) is 5.09. The Balaban J connectivity index is 3.18. The van der Waals surface area contributed by atoms with E-state index in [1.54, 1.807) is 4.90 Å². The van der Waals surface area contributed by atoms with Crippen LogP contribution in [-0.4, -0.2) is 33.5 Å². The first kappa shape index (κ1) is 13.3. The molecule has 1 aromatic heterocycles. The number of aromatic nitrogens is 2. The van der Waals surface area contributed by atoms with Crippen molar-refractivity contribution in [3.05, 3.63) is 18.1 Å². The third-order valence-corrected chi connectivity index (χ3v) is 2.33. The molecule has 0 aromatic carbocycles. The van der Waals surface area contributed by atoms with Gasteiger partial charge < -0.3 is 16.4 Å². The summed E-state index contributed by atoms with van der Waals surface area (Å²) >= 11 is 4.90. The minimum atomic E-state index is -0.446. The topological polar surface area (TPSA) is 98.1 Å². The van der Waals surface area contributed by atoms with E-state index in [2.05, 4.69) is 9.97 Å². The van der Waals surface area contributed by atoms with Crippen molar-refractivity contribution in [2.45, 2.75) is 19.9 Å². The second-order valence-corrected chi connectivity index (χ2v) is 4.22. The van der Waals surface area contributed by atoms with Crippen molar-refractivity contribution in [2.24, 2.45) is 11.5 Å². The summed E-state index contributed by atoms with van der Waals surface area (Å²) in [5, 5.41) is 0. The monoisotopic (exact) mass is 253 g/mol. The SMILES string of the molecule is CC(C)N(CC(N)=O)c1nccnc1C(N)=S. The Morgan fingerprint density at radius 2 is 2.00 bits per heavy atom. The predicted molar refractivity (Wildman–Crippen MR) is 69.6 cm³/mol. The van der Waals surface area contributed by atoms with Gasteiger partial charge in [0.1, 0.15) is 10.7 Å². The van der Waals surface area contributed by atoms with Gasteiger partial charge in [-0.3, -0.25) is 4.79 Å². The molecule has 0 unspecified atom stereocenters. The Kier molecular flexibility index (Phi) is 4.33. The molecule has 92 valence electrons. The number of carbonyl (C=O) groups is 1. The Morgan fingerprint density at radius 3 is 2.47 bits per heavy atom. The number of thiocarbonyl (C=S) groups is 1. The zero-order valence-corrected chi connectivity index (χ0v) is 10.6. The highest BCUT2D eigenvalue weighted by Crippen LogP contribution is 2.17. The second kappa shape index (κ2) is 5.53. The van der Waals surface area contributed by atoms with Crippen LogP contribution in [0.5, 0.6) is 0 Å². The molecule has 0 aliphatic rings. The fourth-order valence-corrected chi connectivity index (χ4v) is 1.53. The third-order valence-electron chi connectivity index (χ3n) is 2.13. The van der Waals surface area contributed by atoms with Gasteiger partial charge in [0.15, 0.2) is 5.82 Å². The highest BCUT2D eigenvalue weighted by atomic mass is 32.1. The molecule has 0 saturated carbocycles. The maximum atomic E-state index is 11.0. The summed E-state index contributed by atoms with van der Waals surface area (Å²) in [6.45, 7) is 3.88. The number of rotatable bonds is 5. The van der Waals surface area contributed by atoms with Crippen molar-refractivity contribution in [1.82, 2.24) is 9.97 Å². The Labute approximate surface area is 105 Å². The molecule has 0 radical (unpaired) electrons. The molecule has 7 heteroatoms. The van der Waals surface area contributed by atoms with Crippen LogP contribution in [0.3, 0.4) is 0 Å². The Hall–Kier alpha value is -1.76. The van der Waals surface area contributed by atoms with Crippen molar-refractivity contribution in [3.8, 4) is 0 Å². The van der Waals surface area contributed by atoms with Gasteiger partial charge in [0.05, 0.1) is 6.54 Å².